The van der Waals surface area contributed by atoms with Gasteiger partial charge in [-0.05, 0) is 32.2 Å². The molecule has 1 amide bonds. The maximum atomic E-state index is 12.8. The van der Waals surface area contributed by atoms with Crippen LogP contribution < -0.4 is 38.9 Å². The number of nitrogens with one attached hydrogen (secondary N) is 3. The van der Waals surface area contributed by atoms with Crippen molar-refractivity contribution in [3.8, 4) is 0 Å². The van der Waals surface area contributed by atoms with Crippen LogP contribution in [0.5, 0.6) is 0 Å². The number of aliphatic hydroxyl groups is 5. The van der Waals surface area contributed by atoms with E-state index in [0.717, 1.165) is 25.9 Å². The summed E-state index contributed by atoms with van der Waals surface area (Å²) in [4.78, 5) is 12.8. The average molecular weight is 592 g/mol. The Balaban J connectivity index is 1.60. The van der Waals surface area contributed by atoms with Crippen molar-refractivity contribution >= 4 is 5.91 Å². The Morgan fingerprint density at radius 1 is 1.05 bits per heavy atom. The number of hydrogen-bond donors (Lipinski definition) is 12. The van der Waals surface area contributed by atoms with E-state index in [1.165, 1.54) is 0 Å². The lowest BCUT2D eigenvalue weighted by Gasteiger charge is -2.52. The number of aliphatic hydroxyl groups excluding tert-OH is 5. The Labute approximate surface area is 239 Å². The first-order chi connectivity index (χ1) is 19.6. The summed E-state index contributed by atoms with van der Waals surface area (Å²) in [7, 11) is 0. The van der Waals surface area contributed by atoms with E-state index in [-0.39, 0.29) is 37.6 Å². The second-order valence-electron chi connectivity index (χ2n) is 11.7. The Hall–Kier alpha value is -1.09. The van der Waals surface area contributed by atoms with Gasteiger partial charge in [0.1, 0.15) is 30.5 Å². The fraction of sp³-hybridized carbons (Fsp3) is 0.960. The molecule has 14 atom stereocenters. The first-order valence-corrected chi connectivity index (χ1v) is 14.6. The van der Waals surface area contributed by atoms with Crippen molar-refractivity contribution in [3.63, 3.8) is 0 Å². The zero-order valence-corrected chi connectivity index (χ0v) is 23.2. The molecule has 3 saturated heterocycles. The molecule has 0 aromatic heterocycles. The Morgan fingerprint density at radius 3 is 2.39 bits per heavy atom. The minimum absolute atomic E-state index is 0.0243. The van der Waals surface area contributed by atoms with Crippen molar-refractivity contribution in [1.82, 2.24) is 16.0 Å². The minimum Gasteiger partial charge on any atom is -0.394 e. The van der Waals surface area contributed by atoms with Gasteiger partial charge in [0.2, 0.25) is 5.91 Å². The van der Waals surface area contributed by atoms with Crippen LogP contribution in [0.2, 0.25) is 0 Å². The molecule has 4 rings (SSSR count). The van der Waals surface area contributed by atoms with Gasteiger partial charge in [0.25, 0.3) is 0 Å². The number of rotatable bonds is 11. The van der Waals surface area contributed by atoms with Crippen molar-refractivity contribution in [2.45, 2.75) is 111 Å². The van der Waals surface area contributed by atoms with Gasteiger partial charge in [0.05, 0.1) is 37.0 Å². The highest BCUT2D eigenvalue weighted by Gasteiger charge is 2.53. The van der Waals surface area contributed by atoms with Crippen molar-refractivity contribution in [3.05, 3.63) is 0 Å². The first kappa shape index (κ1) is 32.8. The second-order valence-corrected chi connectivity index (χ2v) is 11.7. The maximum Gasteiger partial charge on any atom is 0.249 e. The molecular formula is C25H49N7O9. The van der Waals surface area contributed by atoms with Gasteiger partial charge in [-0.3, -0.25) is 4.79 Å². The summed E-state index contributed by atoms with van der Waals surface area (Å²) in [5, 5.41) is 62.3. The highest BCUT2D eigenvalue weighted by molar-refractivity contribution is 5.80. The zero-order valence-electron chi connectivity index (χ0n) is 23.2. The molecule has 4 aliphatic rings. The summed E-state index contributed by atoms with van der Waals surface area (Å²) >= 11 is 0. The number of ether oxygens (including phenoxy) is 3. The summed E-state index contributed by atoms with van der Waals surface area (Å²) in [6, 6.07) is -2.65. The molecule has 238 valence electrons. The molecule has 0 spiro atoms. The van der Waals surface area contributed by atoms with Crippen molar-refractivity contribution in [2.75, 3.05) is 32.8 Å². The summed E-state index contributed by atoms with van der Waals surface area (Å²) in [5.41, 5.74) is 24.1. The molecule has 0 aromatic rings. The van der Waals surface area contributed by atoms with Crippen LogP contribution in [0.3, 0.4) is 0 Å². The van der Waals surface area contributed by atoms with Gasteiger partial charge in [0, 0.05) is 43.7 Å². The molecule has 16 N–H and O–H groups in total. The lowest BCUT2D eigenvalue weighted by molar-refractivity contribution is -0.306. The van der Waals surface area contributed by atoms with E-state index in [0.29, 0.717) is 6.54 Å². The van der Waals surface area contributed by atoms with E-state index in [4.69, 9.17) is 37.1 Å². The van der Waals surface area contributed by atoms with Gasteiger partial charge in [-0.1, -0.05) is 0 Å². The van der Waals surface area contributed by atoms with E-state index in [1.54, 1.807) is 0 Å². The Kier molecular flexibility index (Phi) is 11.7. The van der Waals surface area contributed by atoms with Crippen LogP contribution in [0.1, 0.15) is 25.7 Å². The quantitative estimate of drug-likeness (QED) is 0.106. The minimum atomic E-state index is -1.51. The number of nitrogens with two attached hydrogens (primary N) is 4. The Morgan fingerprint density at radius 2 is 1.78 bits per heavy atom. The number of amides is 1. The molecule has 3 aliphatic heterocycles. The van der Waals surface area contributed by atoms with E-state index >= 15 is 0 Å². The zero-order chi connectivity index (χ0) is 29.8. The summed E-state index contributed by atoms with van der Waals surface area (Å²) in [6.45, 7) is 1.41. The lowest BCUT2D eigenvalue weighted by Crippen LogP contribution is -2.70. The average Bonchev–Trinajstić information content (AvgIpc) is 2.93. The fourth-order valence-electron chi connectivity index (χ4n) is 6.33. The van der Waals surface area contributed by atoms with Crippen LogP contribution in [0, 0.1) is 5.92 Å². The monoisotopic (exact) mass is 591 g/mol. The third-order valence-electron chi connectivity index (χ3n) is 8.87. The van der Waals surface area contributed by atoms with Crippen LogP contribution in [0.25, 0.3) is 0 Å². The molecule has 16 heteroatoms. The first-order valence-electron chi connectivity index (χ1n) is 14.6. The molecule has 16 nitrogen and oxygen atoms in total. The van der Waals surface area contributed by atoms with Crippen LogP contribution in [0.4, 0.5) is 0 Å². The third-order valence-corrected chi connectivity index (χ3v) is 8.87. The normalized spacial score (nSPS) is 44.7. The topological polar surface area (TPSA) is 286 Å². The summed E-state index contributed by atoms with van der Waals surface area (Å²) in [5.74, 6) is -1.39. The van der Waals surface area contributed by atoms with Gasteiger partial charge < -0.3 is 78.6 Å². The van der Waals surface area contributed by atoms with Gasteiger partial charge >= 0.3 is 0 Å². The smallest absolute Gasteiger partial charge is 0.249 e. The number of carbonyl (C=O) groups is 1. The van der Waals surface area contributed by atoms with Crippen LogP contribution >= 0.6 is 0 Å². The Bertz CT molecular complexity index is 843. The molecule has 0 aromatic carbocycles. The van der Waals surface area contributed by atoms with Gasteiger partial charge in [-0.15, -0.1) is 0 Å². The highest BCUT2D eigenvalue weighted by atomic mass is 16.7. The molecule has 1 aliphatic carbocycles. The van der Waals surface area contributed by atoms with E-state index in [9.17, 15) is 30.3 Å². The molecular weight excluding hydrogens is 542 g/mol. The van der Waals surface area contributed by atoms with Crippen molar-refractivity contribution in [2.24, 2.45) is 28.9 Å². The third kappa shape index (κ3) is 7.35. The molecule has 41 heavy (non-hydrogen) atoms. The highest BCUT2D eigenvalue weighted by Crippen LogP contribution is 2.37. The van der Waals surface area contributed by atoms with Crippen LogP contribution in [-0.4, -0.2) is 150 Å². The van der Waals surface area contributed by atoms with Crippen molar-refractivity contribution in [1.29, 1.82) is 0 Å². The SMILES string of the molecule is NCC[C@H](O)C(=O)N[C@@H]1C[C@H](N)C([C@H]2O[C@H](CN)CC[C@H]2NC2CNC2)[C@H](O)[C@H]1O[C@H]1O[C@H](CO)[C@@H](O)[C@H](N)[C@H]1O. The molecule has 4 fully saturated rings. The predicted octanol–water partition coefficient (Wildman–Crippen LogP) is -6.52. The molecule has 0 bridgehead atoms. The van der Waals surface area contributed by atoms with Crippen LogP contribution in [0.15, 0.2) is 0 Å². The largest absolute Gasteiger partial charge is 0.394 e. The van der Waals surface area contributed by atoms with Gasteiger partial charge in [0.15, 0.2) is 6.29 Å². The summed E-state index contributed by atoms with van der Waals surface area (Å²) < 4.78 is 18.1. The number of hydrogen-bond acceptors (Lipinski definition) is 15. The van der Waals surface area contributed by atoms with E-state index in [2.05, 4.69) is 16.0 Å². The van der Waals surface area contributed by atoms with E-state index < -0.39 is 85.6 Å². The van der Waals surface area contributed by atoms with Gasteiger partial charge in [-0.2, -0.15) is 0 Å². The molecule has 3 heterocycles. The molecule has 1 unspecified atom stereocenters. The van der Waals surface area contributed by atoms with Gasteiger partial charge in [-0.25, -0.2) is 0 Å². The summed E-state index contributed by atoms with van der Waals surface area (Å²) in [6.07, 6.45) is -8.48. The van der Waals surface area contributed by atoms with E-state index in [1.807, 2.05) is 0 Å². The predicted molar refractivity (Wildman–Crippen MR) is 145 cm³/mol. The molecule has 1 saturated carbocycles. The standard InChI is InChI=1S/C25H49N7O9/c26-4-3-15(34)24(38)32-14-5-12(28)17(22-13(31-10-7-30-8-10)2-1-11(6-27)39-22)20(36)23(14)41-25-21(37)18(29)19(35)16(9-33)40-25/h10-23,25,30-31,33-37H,1-9,26-29H2,(H,32,38)/t11-,12-,13+,14+,15-,16+,17?,18-,19+,20-,21+,22-,23-,25+/m0/s1. The lowest BCUT2D eigenvalue weighted by atomic mass is 9.72. The maximum absolute atomic E-state index is 12.8. The van der Waals surface area contributed by atoms with Crippen LogP contribution in [-0.2, 0) is 19.0 Å². The number of carbonyl (C=O) groups excluding carboxylic acids is 1. The van der Waals surface area contributed by atoms with Crippen molar-refractivity contribution < 1.29 is 44.5 Å². The molecule has 0 radical (unpaired) electrons. The fourth-order valence-corrected chi connectivity index (χ4v) is 6.33. The second kappa shape index (κ2) is 14.6.